The van der Waals surface area contributed by atoms with Crippen molar-refractivity contribution in [3.8, 4) is 0 Å². The van der Waals surface area contributed by atoms with E-state index in [0.717, 1.165) is 22.1 Å². The van der Waals surface area contributed by atoms with E-state index in [4.69, 9.17) is 4.74 Å². The molecule has 1 N–H and O–H groups in total. The van der Waals surface area contributed by atoms with Gasteiger partial charge in [0.15, 0.2) is 16.6 Å². The number of H-pyrrole nitrogens is 1. The highest BCUT2D eigenvalue weighted by Crippen LogP contribution is 2.27. The van der Waals surface area contributed by atoms with Gasteiger partial charge in [-0.15, -0.1) is 10.2 Å². The lowest BCUT2D eigenvalue weighted by Crippen LogP contribution is -2.08. The topological polar surface area (TPSA) is 89.4 Å². The molecular formula is C22H22N4O3S. The molecule has 0 aliphatic heterocycles. The Morgan fingerprint density at radius 2 is 1.93 bits per heavy atom. The van der Waals surface area contributed by atoms with Crippen molar-refractivity contribution in [1.82, 2.24) is 19.6 Å². The van der Waals surface area contributed by atoms with Crippen LogP contribution < -0.4 is 0 Å². The number of hydrogen-bond donors (Lipinski definition) is 1. The molecule has 0 saturated heterocycles. The summed E-state index contributed by atoms with van der Waals surface area (Å²) in [6.07, 6.45) is 0. The van der Waals surface area contributed by atoms with Gasteiger partial charge in [-0.2, -0.15) is 0 Å². The predicted octanol–water partition coefficient (Wildman–Crippen LogP) is 4.29. The Hall–Kier alpha value is -3.13. The minimum Gasteiger partial charge on any atom is -0.461 e. The molecule has 0 radical (unpaired) electrons. The first-order valence-electron chi connectivity index (χ1n) is 9.68. The number of thioether (sulfide) groups is 1. The molecule has 0 unspecified atom stereocenters. The van der Waals surface area contributed by atoms with E-state index in [0.29, 0.717) is 27.7 Å². The number of rotatable bonds is 6. The van der Waals surface area contributed by atoms with Crippen LogP contribution in [0.5, 0.6) is 0 Å². The maximum Gasteiger partial charge on any atom is 0.355 e. The van der Waals surface area contributed by atoms with Crippen molar-refractivity contribution >= 4 is 40.1 Å². The zero-order valence-electron chi connectivity index (χ0n) is 17.3. The van der Waals surface area contributed by atoms with Gasteiger partial charge in [0.1, 0.15) is 5.69 Å². The minimum atomic E-state index is -0.449. The Morgan fingerprint density at radius 1 is 1.17 bits per heavy atom. The van der Waals surface area contributed by atoms with E-state index in [1.54, 1.807) is 20.8 Å². The number of nitrogens with zero attached hydrogens (tertiary/aromatic N) is 3. The molecule has 154 valence electrons. The predicted molar refractivity (Wildman–Crippen MR) is 117 cm³/mol. The van der Waals surface area contributed by atoms with Crippen LogP contribution in [0.15, 0.2) is 35.5 Å². The van der Waals surface area contributed by atoms with Crippen molar-refractivity contribution in [3.05, 3.63) is 58.4 Å². The summed E-state index contributed by atoms with van der Waals surface area (Å²) in [4.78, 5) is 28.1. The molecular weight excluding hydrogens is 400 g/mol. The van der Waals surface area contributed by atoms with E-state index in [2.05, 4.69) is 21.2 Å². The maximum atomic E-state index is 13.0. The highest BCUT2D eigenvalue weighted by molar-refractivity contribution is 7.99. The lowest BCUT2D eigenvalue weighted by molar-refractivity contribution is 0.0519. The lowest BCUT2D eigenvalue weighted by atomic mass is 10.1. The van der Waals surface area contributed by atoms with E-state index in [-0.39, 0.29) is 18.1 Å². The standard InChI is InChI=1S/C22H22N4O3S/c1-5-29-21(28)20-13(3)19(14(4)23-20)17(27)11-30-22-25-24-18-10-12(2)15-8-6-7-9-16(15)26(18)22/h6-10,23H,5,11H2,1-4H3. The van der Waals surface area contributed by atoms with Gasteiger partial charge in [-0.05, 0) is 51.0 Å². The van der Waals surface area contributed by atoms with Crippen LogP contribution in [0, 0.1) is 20.8 Å². The van der Waals surface area contributed by atoms with Crippen molar-refractivity contribution in [3.63, 3.8) is 0 Å². The van der Waals surface area contributed by atoms with Crippen LogP contribution in [0.2, 0.25) is 0 Å². The zero-order chi connectivity index (χ0) is 21.4. The van der Waals surface area contributed by atoms with Crippen LogP contribution in [0.4, 0.5) is 0 Å². The molecule has 0 aliphatic carbocycles. The Labute approximate surface area is 177 Å². The number of ketones is 1. The average molecular weight is 423 g/mol. The Morgan fingerprint density at radius 3 is 2.70 bits per heavy atom. The summed E-state index contributed by atoms with van der Waals surface area (Å²) < 4.78 is 7.04. The smallest absolute Gasteiger partial charge is 0.355 e. The molecule has 3 aromatic heterocycles. The van der Waals surface area contributed by atoms with Crippen LogP contribution >= 0.6 is 11.8 Å². The molecule has 7 nitrogen and oxygen atoms in total. The number of carbonyl (C=O) groups excluding carboxylic acids is 2. The summed E-state index contributed by atoms with van der Waals surface area (Å²) >= 11 is 1.34. The normalized spacial score (nSPS) is 11.3. The van der Waals surface area contributed by atoms with Gasteiger partial charge in [-0.1, -0.05) is 30.0 Å². The molecule has 0 bridgehead atoms. The highest BCUT2D eigenvalue weighted by Gasteiger charge is 2.23. The van der Waals surface area contributed by atoms with Gasteiger partial charge in [0, 0.05) is 16.6 Å². The Balaban J connectivity index is 1.63. The van der Waals surface area contributed by atoms with Crippen LogP contribution in [0.3, 0.4) is 0 Å². The Kier molecular flexibility index (Phi) is 5.34. The molecule has 0 aliphatic rings. The molecule has 4 aromatic rings. The number of carbonyl (C=O) groups is 2. The fourth-order valence-electron chi connectivity index (χ4n) is 3.75. The Bertz CT molecular complexity index is 1290. The van der Waals surface area contributed by atoms with E-state index in [1.165, 1.54) is 11.8 Å². The number of pyridine rings is 1. The summed E-state index contributed by atoms with van der Waals surface area (Å²) in [6, 6.07) is 10.1. The van der Waals surface area contributed by atoms with Crippen LogP contribution in [-0.2, 0) is 4.74 Å². The number of aromatic nitrogens is 4. The number of para-hydroxylation sites is 1. The lowest BCUT2D eigenvalue weighted by Gasteiger charge is -2.07. The fraction of sp³-hybridized carbons (Fsp3) is 0.273. The van der Waals surface area contributed by atoms with Gasteiger partial charge in [0.05, 0.1) is 17.9 Å². The second-order valence-electron chi connectivity index (χ2n) is 7.08. The first-order chi connectivity index (χ1) is 14.4. The molecule has 30 heavy (non-hydrogen) atoms. The molecule has 0 atom stereocenters. The second kappa shape index (κ2) is 7.95. The van der Waals surface area contributed by atoms with Gasteiger partial charge < -0.3 is 9.72 Å². The highest BCUT2D eigenvalue weighted by atomic mass is 32.2. The molecule has 0 amide bonds. The average Bonchev–Trinajstić information content (AvgIpc) is 3.27. The van der Waals surface area contributed by atoms with E-state index in [1.807, 2.05) is 35.6 Å². The molecule has 8 heteroatoms. The number of hydrogen-bond acceptors (Lipinski definition) is 6. The summed E-state index contributed by atoms with van der Waals surface area (Å²) in [5.74, 6) is -0.338. The third kappa shape index (κ3) is 3.37. The van der Waals surface area contributed by atoms with Crippen molar-refractivity contribution < 1.29 is 14.3 Å². The SMILES string of the molecule is CCOC(=O)c1[nH]c(C)c(C(=O)CSc2nnc3cc(C)c4ccccc4n23)c1C. The molecule has 3 heterocycles. The minimum absolute atomic E-state index is 0.0741. The van der Waals surface area contributed by atoms with Crippen molar-refractivity contribution in [2.45, 2.75) is 32.9 Å². The number of aromatic amines is 1. The molecule has 1 aromatic carbocycles. The number of nitrogens with one attached hydrogen (secondary N) is 1. The number of esters is 1. The molecule has 0 saturated carbocycles. The van der Waals surface area contributed by atoms with E-state index < -0.39 is 5.97 Å². The summed E-state index contributed by atoms with van der Waals surface area (Å²) in [5.41, 5.74) is 5.02. The maximum absolute atomic E-state index is 13.0. The first kappa shape index (κ1) is 20.2. The number of aryl methyl sites for hydroxylation is 2. The summed E-state index contributed by atoms with van der Waals surface area (Å²) in [7, 11) is 0. The van der Waals surface area contributed by atoms with Gasteiger partial charge in [0.25, 0.3) is 0 Å². The van der Waals surface area contributed by atoms with Gasteiger partial charge in [-0.25, -0.2) is 4.79 Å². The molecule has 0 fully saturated rings. The molecule has 4 rings (SSSR count). The van der Waals surface area contributed by atoms with Crippen LogP contribution in [-0.4, -0.2) is 43.7 Å². The number of Topliss-reactive ketones (excluding diaryl/α,β-unsaturated/α-hetero) is 1. The molecule has 0 spiro atoms. The van der Waals surface area contributed by atoms with E-state index in [9.17, 15) is 9.59 Å². The van der Waals surface area contributed by atoms with Crippen LogP contribution in [0.25, 0.3) is 16.6 Å². The quantitative estimate of drug-likeness (QED) is 0.283. The van der Waals surface area contributed by atoms with Crippen molar-refractivity contribution in [2.24, 2.45) is 0 Å². The van der Waals surface area contributed by atoms with Crippen molar-refractivity contribution in [2.75, 3.05) is 12.4 Å². The third-order valence-electron chi connectivity index (χ3n) is 5.10. The monoisotopic (exact) mass is 422 g/mol. The second-order valence-corrected chi connectivity index (χ2v) is 8.02. The first-order valence-corrected chi connectivity index (χ1v) is 10.7. The van der Waals surface area contributed by atoms with Gasteiger partial charge >= 0.3 is 5.97 Å². The fourth-order valence-corrected chi connectivity index (χ4v) is 4.57. The number of fused-ring (bicyclic) bond motifs is 3. The van der Waals surface area contributed by atoms with Gasteiger partial charge in [0.2, 0.25) is 0 Å². The zero-order valence-corrected chi connectivity index (χ0v) is 18.1. The largest absolute Gasteiger partial charge is 0.461 e. The number of benzene rings is 1. The number of ether oxygens (including phenoxy) is 1. The third-order valence-corrected chi connectivity index (χ3v) is 6.03. The summed E-state index contributed by atoms with van der Waals surface area (Å²) in [6.45, 7) is 7.63. The summed E-state index contributed by atoms with van der Waals surface area (Å²) in [5, 5.41) is 10.4. The van der Waals surface area contributed by atoms with Gasteiger partial charge in [-0.3, -0.25) is 9.20 Å². The van der Waals surface area contributed by atoms with E-state index >= 15 is 0 Å². The van der Waals surface area contributed by atoms with Crippen molar-refractivity contribution in [1.29, 1.82) is 0 Å². The van der Waals surface area contributed by atoms with Crippen LogP contribution in [0.1, 0.15) is 44.6 Å².